The van der Waals surface area contributed by atoms with Gasteiger partial charge in [0.25, 0.3) is 0 Å². The molecular formula is C14H17N3. The van der Waals surface area contributed by atoms with Crippen LogP contribution in [0, 0.1) is 6.92 Å². The minimum Gasteiger partial charge on any atom is -0.382 e. The molecule has 2 rings (SSSR count). The van der Waals surface area contributed by atoms with Crippen molar-refractivity contribution < 1.29 is 0 Å². The summed E-state index contributed by atoms with van der Waals surface area (Å²) in [5.41, 5.74) is 9.06. The fourth-order valence-corrected chi connectivity index (χ4v) is 1.75. The van der Waals surface area contributed by atoms with Gasteiger partial charge in [0.1, 0.15) is 5.82 Å². The van der Waals surface area contributed by atoms with Gasteiger partial charge >= 0.3 is 0 Å². The summed E-state index contributed by atoms with van der Waals surface area (Å²) in [6.07, 6.45) is 1.77. The predicted molar refractivity (Wildman–Crippen MR) is 71.9 cm³/mol. The van der Waals surface area contributed by atoms with Crippen LogP contribution in [0.1, 0.15) is 24.1 Å². The van der Waals surface area contributed by atoms with Crippen LogP contribution in [0.25, 0.3) is 0 Å². The van der Waals surface area contributed by atoms with E-state index >= 15 is 0 Å². The lowest BCUT2D eigenvalue weighted by Crippen LogP contribution is -2.09. The second kappa shape index (κ2) is 4.87. The van der Waals surface area contributed by atoms with Crippen LogP contribution in [0.15, 0.2) is 42.6 Å². The molecule has 1 unspecified atom stereocenters. The van der Waals surface area contributed by atoms with E-state index in [1.54, 1.807) is 6.20 Å². The molecule has 0 amide bonds. The van der Waals surface area contributed by atoms with E-state index < -0.39 is 0 Å². The van der Waals surface area contributed by atoms with Crippen LogP contribution >= 0.6 is 0 Å². The fourth-order valence-electron chi connectivity index (χ4n) is 1.75. The van der Waals surface area contributed by atoms with Crippen LogP contribution in [-0.4, -0.2) is 4.98 Å². The first-order valence-electron chi connectivity index (χ1n) is 5.70. The minimum absolute atomic E-state index is 0.210. The summed E-state index contributed by atoms with van der Waals surface area (Å²) in [5, 5.41) is 3.38. The van der Waals surface area contributed by atoms with E-state index in [4.69, 9.17) is 5.73 Å². The molecule has 1 atom stereocenters. The number of benzene rings is 1. The highest BCUT2D eigenvalue weighted by Gasteiger charge is 2.07. The maximum Gasteiger partial charge on any atom is 0.146 e. The third-order valence-corrected chi connectivity index (χ3v) is 2.73. The number of aromatic nitrogens is 1. The molecule has 88 valence electrons. The second-order valence-corrected chi connectivity index (χ2v) is 4.22. The van der Waals surface area contributed by atoms with Gasteiger partial charge in [0.2, 0.25) is 0 Å². The van der Waals surface area contributed by atoms with Crippen molar-refractivity contribution >= 4 is 11.5 Å². The summed E-state index contributed by atoms with van der Waals surface area (Å²) in [7, 11) is 0. The van der Waals surface area contributed by atoms with Crippen molar-refractivity contribution in [1.29, 1.82) is 0 Å². The normalized spacial score (nSPS) is 12.1. The predicted octanol–water partition coefficient (Wildman–Crippen LogP) is 3.15. The largest absolute Gasteiger partial charge is 0.382 e. The first kappa shape index (κ1) is 11.5. The quantitative estimate of drug-likeness (QED) is 0.847. The number of pyridine rings is 1. The SMILES string of the molecule is Cc1cnc(N)c(NC(C)c2ccccc2)c1. The number of anilines is 2. The summed E-state index contributed by atoms with van der Waals surface area (Å²) >= 11 is 0. The zero-order valence-electron chi connectivity index (χ0n) is 10.1. The highest BCUT2D eigenvalue weighted by Crippen LogP contribution is 2.23. The van der Waals surface area contributed by atoms with Crippen molar-refractivity contribution in [3.63, 3.8) is 0 Å². The maximum atomic E-state index is 5.84. The third kappa shape index (κ3) is 2.75. The average molecular weight is 227 g/mol. The van der Waals surface area contributed by atoms with Gasteiger partial charge in [0.05, 0.1) is 5.69 Å². The topological polar surface area (TPSA) is 50.9 Å². The van der Waals surface area contributed by atoms with Crippen LogP contribution in [0.5, 0.6) is 0 Å². The van der Waals surface area contributed by atoms with Gasteiger partial charge in [-0.15, -0.1) is 0 Å². The molecule has 1 aromatic heterocycles. The number of nitrogen functional groups attached to an aromatic ring is 1. The second-order valence-electron chi connectivity index (χ2n) is 4.22. The molecule has 0 aliphatic rings. The van der Waals surface area contributed by atoms with E-state index in [2.05, 4.69) is 29.4 Å². The van der Waals surface area contributed by atoms with Crippen LogP contribution in [0.4, 0.5) is 11.5 Å². The number of nitrogens with two attached hydrogens (primary N) is 1. The number of rotatable bonds is 3. The summed E-state index contributed by atoms with van der Waals surface area (Å²) in [6, 6.07) is 12.5. The Balaban J connectivity index is 2.18. The van der Waals surface area contributed by atoms with Crippen LogP contribution in [-0.2, 0) is 0 Å². The number of nitrogens with zero attached hydrogens (tertiary/aromatic N) is 1. The Morgan fingerprint density at radius 2 is 1.94 bits per heavy atom. The summed E-state index contributed by atoms with van der Waals surface area (Å²) in [5.74, 6) is 0.540. The van der Waals surface area contributed by atoms with Gasteiger partial charge in [0, 0.05) is 12.2 Å². The fraction of sp³-hybridized carbons (Fsp3) is 0.214. The molecule has 0 aliphatic carbocycles. The maximum absolute atomic E-state index is 5.84. The van der Waals surface area contributed by atoms with Gasteiger partial charge in [-0.3, -0.25) is 0 Å². The van der Waals surface area contributed by atoms with Crippen molar-refractivity contribution in [3.05, 3.63) is 53.7 Å². The average Bonchev–Trinajstić information content (AvgIpc) is 2.35. The molecule has 0 aliphatic heterocycles. The number of hydrogen-bond donors (Lipinski definition) is 2. The highest BCUT2D eigenvalue weighted by molar-refractivity contribution is 5.63. The first-order valence-corrected chi connectivity index (χ1v) is 5.70. The number of hydrogen-bond acceptors (Lipinski definition) is 3. The van der Waals surface area contributed by atoms with Gasteiger partial charge in [-0.2, -0.15) is 0 Å². The van der Waals surface area contributed by atoms with Crippen LogP contribution in [0.2, 0.25) is 0 Å². The molecule has 3 heteroatoms. The lowest BCUT2D eigenvalue weighted by atomic mass is 10.1. The first-order chi connectivity index (χ1) is 8.16. The Hall–Kier alpha value is -2.03. The molecule has 1 aromatic carbocycles. The van der Waals surface area contributed by atoms with E-state index in [9.17, 15) is 0 Å². The van der Waals surface area contributed by atoms with Gasteiger partial charge in [-0.1, -0.05) is 30.3 Å². The van der Waals surface area contributed by atoms with E-state index in [0.29, 0.717) is 5.82 Å². The lowest BCUT2D eigenvalue weighted by molar-refractivity contribution is 0.883. The molecule has 0 bridgehead atoms. The van der Waals surface area contributed by atoms with Gasteiger partial charge in [-0.05, 0) is 31.0 Å². The summed E-state index contributed by atoms with van der Waals surface area (Å²) in [6.45, 7) is 4.11. The number of aryl methyl sites for hydroxylation is 1. The molecule has 2 aromatic rings. The Bertz CT molecular complexity index is 494. The van der Waals surface area contributed by atoms with E-state index in [1.807, 2.05) is 31.2 Å². The molecule has 17 heavy (non-hydrogen) atoms. The monoisotopic (exact) mass is 227 g/mol. The summed E-state index contributed by atoms with van der Waals surface area (Å²) in [4.78, 5) is 4.14. The molecule has 0 saturated carbocycles. The molecule has 0 fully saturated rings. The molecule has 3 N–H and O–H groups in total. The zero-order chi connectivity index (χ0) is 12.3. The Morgan fingerprint density at radius 3 is 2.65 bits per heavy atom. The van der Waals surface area contributed by atoms with Gasteiger partial charge in [-0.25, -0.2) is 4.98 Å². The van der Waals surface area contributed by atoms with Gasteiger partial charge < -0.3 is 11.1 Å². The van der Waals surface area contributed by atoms with E-state index in [0.717, 1.165) is 11.3 Å². The van der Waals surface area contributed by atoms with Crippen LogP contribution < -0.4 is 11.1 Å². The highest BCUT2D eigenvalue weighted by atomic mass is 15.0. The van der Waals surface area contributed by atoms with E-state index in [-0.39, 0.29) is 6.04 Å². The molecule has 1 heterocycles. The lowest BCUT2D eigenvalue weighted by Gasteiger charge is -2.17. The molecule has 0 radical (unpaired) electrons. The van der Waals surface area contributed by atoms with Crippen molar-refractivity contribution in [3.8, 4) is 0 Å². The van der Waals surface area contributed by atoms with Crippen molar-refractivity contribution in [2.24, 2.45) is 0 Å². The van der Waals surface area contributed by atoms with Crippen molar-refractivity contribution in [2.45, 2.75) is 19.9 Å². The molecular weight excluding hydrogens is 210 g/mol. The zero-order valence-corrected chi connectivity index (χ0v) is 10.1. The van der Waals surface area contributed by atoms with Crippen LogP contribution in [0.3, 0.4) is 0 Å². The number of nitrogens with one attached hydrogen (secondary N) is 1. The Kier molecular flexibility index (Phi) is 3.28. The standard InChI is InChI=1S/C14H17N3/c1-10-8-13(14(15)16-9-10)17-11(2)12-6-4-3-5-7-12/h3-9,11,17H,1-2H3,(H2,15,16). The molecule has 3 nitrogen and oxygen atoms in total. The minimum atomic E-state index is 0.210. The summed E-state index contributed by atoms with van der Waals surface area (Å²) < 4.78 is 0. The Morgan fingerprint density at radius 1 is 1.24 bits per heavy atom. The Labute approximate surface area is 102 Å². The van der Waals surface area contributed by atoms with Crippen molar-refractivity contribution in [2.75, 3.05) is 11.1 Å². The molecule has 0 spiro atoms. The van der Waals surface area contributed by atoms with Crippen molar-refractivity contribution in [1.82, 2.24) is 4.98 Å². The van der Waals surface area contributed by atoms with Gasteiger partial charge in [0.15, 0.2) is 0 Å². The smallest absolute Gasteiger partial charge is 0.146 e. The van der Waals surface area contributed by atoms with E-state index in [1.165, 1.54) is 5.56 Å². The third-order valence-electron chi connectivity index (χ3n) is 2.73. The molecule has 0 saturated heterocycles.